The summed E-state index contributed by atoms with van der Waals surface area (Å²) in [5, 5.41) is 0. The quantitative estimate of drug-likeness (QED) is 0.555. The van der Waals surface area contributed by atoms with Crippen LogP contribution in [-0.2, 0) is 17.6 Å². The maximum atomic E-state index is 11.8. The van der Waals surface area contributed by atoms with E-state index in [1.807, 2.05) is 12.1 Å². The number of carbonyl (C=O) groups excluding carboxylic acids is 2. The van der Waals surface area contributed by atoms with Gasteiger partial charge < -0.3 is 4.90 Å². The predicted molar refractivity (Wildman–Crippen MR) is 61.5 cm³/mol. The molecule has 1 aromatic carbocycles. The molecule has 0 aliphatic heterocycles. The van der Waals surface area contributed by atoms with E-state index in [-0.39, 0.29) is 0 Å². The van der Waals surface area contributed by atoms with Crippen LogP contribution >= 0.6 is 0 Å². The van der Waals surface area contributed by atoms with Gasteiger partial charge in [0.25, 0.3) is 5.91 Å². The molecule has 3 nitrogen and oxygen atoms in total. The van der Waals surface area contributed by atoms with Gasteiger partial charge in [-0.25, -0.2) is 0 Å². The average Bonchev–Trinajstić information content (AvgIpc) is 2.73. The van der Waals surface area contributed by atoms with E-state index in [1.165, 1.54) is 16.0 Å². The number of benzene rings is 1. The van der Waals surface area contributed by atoms with E-state index in [1.54, 1.807) is 20.2 Å². The summed E-state index contributed by atoms with van der Waals surface area (Å²) in [6.07, 6.45) is 3.26. The van der Waals surface area contributed by atoms with Gasteiger partial charge in [0.2, 0.25) is 5.78 Å². The van der Waals surface area contributed by atoms with Crippen molar-refractivity contribution in [3.63, 3.8) is 0 Å². The van der Waals surface area contributed by atoms with Gasteiger partial charge in [-0.1, -0.05) is 12.1 Å². The van der Waals surface area contributed by atoms with E-state index in [9.17, 15) is 9.59 Å². The van der Waals surface area contributed by atoms with E-state index in [0.717, 1.165) is 19.3 Å². The highest BCUT2D eigenvalue weighted by Gasteiger charge is 2.20. The number of amides is 1. The molecule has 1 aliphatic carbocycles. The zero-order valence-corrected chi connectivity index (χ0v) is 9.62. The van der Waals surface area contributed by atoms with Crippen LogP contribution in [0.15, 0.2) is 18.2 Å². The predicted octanol–water partition coefficient (Wildman–Crippen LogP) is 1.45. The number of likely N-dealkylation sites (N-methyl/N-ethyl adjacent to an activating group) is 1. The minimum atomic E-state index is -0.460. The van der Waals surface area contributed by atoms with Gasteiger partial charge in [-0.3, -0.25) is 9.59 Å². The third kappa shape index (κ3) is 1.85. The summed E-state index contributed by atoms with van der Waals surface area (Å²) in [5.74, 6) is -0.877. The van der Waals surface area contributed by atoms with Gasteiger partial charge in [-0.05, 0) is 36.5 Å². The topological polar surface area (TPSA) is 37.4 Å². The van der Waals surface area contributed by atoms with Crippen LogP contribution in [0.2, 0.25) is 0 Å². The molecule has 0 atom stereocenters. The Bertz CT molecular complexity index is 449. The maximum Gasteiger partial charge on any atom is 0.294 e. The number of carbonyl (C=O) groups is 2. The second kappa shape index (κ2) is 4.08. The molecule has 2 rings (SSSR count). The van der Waals surface area contributed by atoms with Crippen molar-refractivity contribution in [2.45, 2.75) is 19.3 Å². The Hall–Kier alpha value is -1.64. The summed E-state index contributed by atoms with van der Waals surface area (Å²) in [6.45, 7) is 0. The number of fused-ring (bicyclic) bond motifs is 1. The number of nitrogens with zero attached hydrogens (tertiary/aromatic N) is 1. The first-order chi connectivity index (χ1) is 7.59. The van der Waals surface area contributed by atoms with Gasteiger partial charge in [-0.2, -0.15) is 0 Å². The zero-order chi connectivity index (χ0) is 11.7. The molecule has 1 amide bonds. The summed E-state index contributed by atoms with van der Waals surface area (Å²) in [5.41, 5.74) is 3.05. The summed E-state index contributed by atoms with van der Waals surface area (Å²) in [7, 11) is 3.18. The minimum Gasteiger partial charge on any atom is -0.342 e. The molecule has 0 saturated heterocycles. The first kappa shape index (κ1) is 10.9. The molecule has 0 unspecified atom stereocenters. The van der Waals surface area contributed by atoms with E-state index in [2.05, 4.69) is 0 Å². The van der Waals surface area contributed by atoms with Crippen molar-refractivity contribution in [3.05, 3.63) is 34.9 Å². The molecule has 0 N–H and O–H groups in total. The van der Waals surface area contributed by atoms with Crippen molar-refractivity contribution < 1.29 is 9.59 Å². The van der Waals surface area contributed by atoms with Gasteiger partial charge in [0.05, 0.1) is 0 Å². The molecule has 0 aromatic heterocycles. The lowest BCUT2D eigenvalue weighted by atomic mass is 10.0. The third-order valence-corrected chi connectivity index (χ3v) is 2.96. The lowest BCUT2D eigenvalue weighted by molar-refractivity contribution is -0.124. The number of aryl methyl sites for hydroxylation is 2. The molecule has 0 radical (unpaired) electrons. The standard InChI is InChI=1S/C13H15NO2/c1-14(2)13(16)12(15)11-7-6-9-4-3-5-10(9)8-11/h6-8H,3-5H2,1-2H3. The Labute approximate surface area is 95.1 Å². The van der Waals surface area contributed by atoms with E-state index < -0.39 is 11.7 Å². The molecular formula is C13H15NO2. The van der Waals surface area contributed by atoms with Crippen molar-refractivity contribution in [3.8, 4) is 0 Å². The van der Waals surface area contributed by atoms with Crippen molar-refractivity contribution in [2.75, 3.05) is 14.1 Å². The van der Waals surface area contributed by atoms with Crippen molar-refractivity contribution >= 4 is 11.7 Å². The lowest BCUT2D eigenvalue weighted by Crippen LogP contribution is -2.29. The Morgan fingerprint density at radius 3 is 2.50 bits per heavy atom. The fourth-order valence-electron chi connectivity index (χ4n) is 2.04. The molecule has 0 heterocycles. The molecule has 0 bridgehead atoms. The largest absolute Gasteiger partial charge is 0.342 e. The molecule has 0 saturated carbocycles. The van der Waals surface area contributed by atoms with Crippen LogP contribution in [0, 0.1) is 0 Å². The average molecular weight is 217 g/mol. The Kier molecular flexibility index (Phi) is 2.77. The van der Waals surface area contributed by atoms with Gasteiger partial charge in [0.1, 0.15) is 0 Å². The van der Waals surface area contributed by atoms with Crippen LogP contribution in [-0.4, -0.2) is 30.7 Å². The Balaban J connectivity index is 2.28. The molecule has 1 aliphatic rings. The van der Waals surface area contributed by atoms with Crippen LogP contribution in [0.4, 0.5) is 0 Å². The first-order valence-corrected chi connectivity index (χ1v) is 5.47. The fourth-order valence-corrected chi connectivity index (χ4v) is 2.04. The molecule has 0 fully saturated rings. The van der Waals surface area contributed by atoms with Crippen LogP contribution < -0.4 is 0 Å². The third-order valence-electron chi connectivity index (χ3n) is 2.96. The van der Waals surface area contributed by atoms with Gasteiger partial charge >= 0.3 is 0 Å². The molecule has 16 heavy (non-hydrogen) atoms. The van der Waals surface area contributed by atoms with Crippen LogP contribution in [0.25, 0.3) is 0 Å². The number of ketones is 1. The van der Waals surface area contributed by atoms with Crippen molar-refractivity contribution in [1.29, 1.82) is 0 Å². The minimum absolute atomic E-state index is 0.417. The van der Waals surface area contributed by atoms with Crippen LogP contribution in [0.3, 0.4) is 0 Å². The summed E-state index contributed by atoms with van der Waals surface area (Å²) in [6, 6.07) is 5.60. The fraction of sp³-hybridized carbons (Fsp3) is 0.385. The van der Waals surface area contributed by atoms with E-state index >= 15 is 0 Å². The monoisotopic (exact) mass is 217 g/mol. The number of hydrogen-bond acceptors (Lipinski definition) is 2. The second-order valence-electron chi connectivity index (χ2n) is 4.37. The summed E-state index contributed by atoms with van der Waals surface area (Å²) >= 11 is 0. The highest BCUT2D eigenvalue weighted by molar-refractivity contribution is 6.42. The highest BCUT2D eigenvalue weighted by atomic mass is 16.2. The highest BCUT2D eigenvalue weighted by Crippen LogP contribution is 2.23. The Morgan fingerprint density at radius 2 is 1.81 bits per heavy atom. The van der Waals surface area contributed by atoms with E-state index in [0.29, 0.717) is 5.56 Å². The van der Waals surface area contributed by atoms with Crippen LogP contribution in [0.1, 0.15) is 27.9 Å². The SMILES string of the molecule is CN(C)C(=O)C(=O)c1ccc2c(c1)CCC2. The molecule has 1 aromatic rings. The summed E-state index contributed by atoms with van der Waals surface area (Å²) in [4.78, 5) is 24.6. The first-order valence-electron chi connectivity index (χ1n) is 5.47. The van der Waals surface area contributed by atoms with Gasteiger partial charge in [-0.15, -0.1) is 0 Å². The van der Waals surface area contributed by atoms with E-state index in [4.69, 9.17) is 0 Å². The maximum absolute atomic E-state index is 11.8. The Morgan fingerprint density at radius 1 is 1.12 bits per heavy atom. The van der Waals surface area contributed by atoms with Crippen molar-refractivity contribution in [1.82, 2.24) is 4.90 Å². The second-order valence-corrected chi connectivity index (χ2v) is 4.37. The molecule has 3 heteroatoms. The normalized spacial score (nSPS) is 13.4. The summed E-state index contributed by atoms with van der Waals surface area (Å²) < 4.78 is 0. The molecule has 84 valence electrons. The van der Waals surface area contributed by atoms with Gasteiger partial charge in [0.15, 0.2) is 0 Å². The number of Topliss-reactive ketones (excluding diaryl/α,β-unsaturated/α-hetero) is 1. The number of hydrogen-bond donors (Lipinski definition) is 0. The molecule has 0 spiro atoms. The van der Waals surface area contributed by atoms with Crippen molar-refractivity contribution in [2.24, 2.45) is 0 Å². The number of rotatable bonds is 2. The molecular weight excluding hydrogens is 202 g/mol. The lowest BCUT2D eigenvalue weighted by Gasteiger charge is -2.09. The van der Waals surface area contributed by atoms with Crippen LogP contribution in [0.5, 0.6) is 0 Å². The van der Waals surface area contributed by atoms with Gasteiger partial charge in [0, 0.05) is 19.7 Å². The smallest absolute Gasteiger partial charge is 0.294 e. The zero-order valence-electron chi connectivity index (χ0n) is 9.62.